The number of nitrogen functional groups attached to an aromatic ring is 1. The largest absolute Gasteiger partial charge is 0.433 e. The number of aryl methyl sites for hydroxylation is 1. The lowest BCUT2D eigenvalue weighted by molar-refractivity contribution is -0.141. The van der Waals surface area contributed by atoms with Gasteiger partial charge in [-0.05, 0) is 0 Å². The summed E-state index contributed by atoms with van der Waals surface area (Å²) in [6, 6.07) is 0.782. The number of rotatable bonds is 4. The molecule has 0 aliphatic carbocycles. The lowest BCUT2D eigenvalue weighted by atomic mass is 10.3. The minimum atomic E-state index is -4.59. The highest BCUT2D eigenvalue weighted by Gasteiger charge is 2.33. The molecule has 0 bridgehead atoms. The number of aromatic nitrogens is 5. The predicted octanol–water partition coefficient (Wildman–Crippen LogP) is 0.522. The van der Waals surface area contributed by atoms with Crippen molar-refractivity contribution in [1.29, 1.82) is 0 Å². The summed E-state index contributed by atoms with van der Waals surface area (Å²) in [5.74, 6) is 5.09. The number of hydrazine groups is 1. The lowest BCUT2D eigenvalue weighted by Crippen LogP contribution is -2.17. The monoisotopic (exact) mass is 288 g/mol. The van der Waals surface area contributed by atoms with Crippen molar-refractivity contribution < 1.29 is 13.2 Å². The Hall–Kier alpha value is -2.43. The van der Waals surface area contributed by atoms with Crippen LogP contribution in [-0.2, 0) is 19.8 Å². The van der Waals surface area contributed by atoms with Gasteiger partial charge < -0.3 is 5.32 Å². The number of hydrogen-bond acceptors (Lipinski definition) is 7. The van der Waals surface area contributed by atoms with Crippen LogP contribution in [0.5, 0.6) is 0 Å². The van der Waals surface area contributed by atoms with Gasteiger partial charge >= 0.3 is 6.18 Å². The maximum atomic E-state index is 12.6. The summed E-state index contributed by atoms with van der Waals surface area (Å²) in [4.78, 5) is 10.9. The van der Waals surface area contributed by atoms with Crippen LogP contribution in [0.4, 0.5) is 24.9 Å². The Morgan fingerprint density at radius 2 is 2.10 bits per heavy atom. The quantitative estimate of drug-likeness (QED) is 0.556. The highest BCUT2D eigenvalue weighted by Crippen LogP contribution is 2.29. The number of halogens is 3. The molecular weight excluding hydrogens is 277 g/mol. The fourth-order valence-corrected chi connectivity index (χ4v) is 1.38. The van der Waals surface area contributed by atoms with Gasteiger partial charge in [-0.25, -0.2) is 15.8 Å². The van der Waals surface area contributed by atoms with E-state index in [-0.39, 0.29) is 18.3 Å². The summed E-state index contributed by atoms with van der Waals surface area (Å²) >= 11 is 0. The fourth-order valence-electron chi connectivity index (χ4n) is 1.38. The molecule has 0 unspecified atom stereocenters. The minimum Gasteiger partial charge on any atom is -0.363 e. The van der Waals surface area contributed by atoms with Crippen LogP contribution >= 0.6 is 0 Å². The number of nitrogens with zero attached hydrogens (tertiary/aromatic N) is 5. The van der Waals surface area contributed by atoms with Gasteiger partial charge in [-0.1, -0.05) is 0 Å². The van der Waals surface area contributed by atoms with Crippen molar-refractivity contribution in [3.63, 3.8) is 0 Å². The van der Waals surface area contributed by atoms with E-state index in [4.69, 9.17) is 5.84 Å². The first kappa shape index (κ1) is 14.0. The van der Waals surface area contributed by atoms with Crippen molar-refractivity contribution in [3.8, 4) is 0 Å². The van der Waals surface area contributed by atoms with Crippen LogP contribution in [0.15, 0.2) is 12.4 Å². The Bertz CT molecular complexity index is 593. The predicted molar refractivity (Wildman–Crippen MR) is 63.2 cm³/mol. The molecule has 0 saturated carbocycles. The first-order valence-corrected chi connectivity index (χ1v) is 5.40. The molecule has 0 saturated heterocycles. The molecule has 2 aromatic rings. The Morgan fingerprint density at radius 1 is 1.35 bits per heavy atom. The number of alkyl halides is 3. The van der Waals surface area contributed by atoms with E-state index < -0.39 is 11.9 Å². The molecule has 4 N–H and O–H groups in total. The number of hydrogen-bond donors (Lipinski definition) is 3. The molecule has 0 fully saturated rings. The molecule has 0 aromatic carbocycles. The Kier molecular flexibility index (Phi) is 3.70. The van der Waals surface area contributed by atoms with Crippen molar-refractivity contribution in [2.24, 2.45) is 12.9 Å². The summed E-state index contributed by atoms with van der Waals surface area (Å²) in [7, 11) is 1.68. The molecule has 108 valence electrons. The average Bonchev–Trinajstić information content (AvgIpc) is 2.81. The van der Waals surface area contributed by atoms with Gasteiger partial charge in [0.05, 0.1) is 6.54 Å². The first-order valence-electron chi connectivity index (χ1n) is 5.40. The van der Waals surface area contributed by atoms with Gasteiger partial charge in [-0.15, -0.1) is 0 Å². The second-order valence-corrected chi connectivity index (χ2v) is 3.79. The Morgan fingerprint density at radius 3 is 2.65 bits per heavy atom. The summed E-state index contributed by atoms with van der Waals surface area (Å²) in [5.41, 5.74) is 0.884. The third-order valence-electron chi connectivity index (χ3n) is 2.22. The second-order valence-electron chi connectivity index (χ2n) is 3.79. The van der Waals surface area contributed by atoms with Crippen molar-refractivity contribution in [3.05, 3.63) is 23.9 Å². The zero-order valence-electron chi connectivity index (χ0n) is 10.3. The van der Waals surface area contributed by atoms with E-state index in [1.807, 2.05) is 5.43 Å². The molecule has 20 heavy (non-hydrogen) atoms. The minimum absolute atomic E-state index is 0.0345. The van der Waals surface area contributed by atoms with Gasteiger partial charge in [-0.3, -0.25) is 10.1 Å². The SMILES string of the molecule is Cn1cnc(CNc2cc(C(F)(F)F)nc(NN)n2)n1. The molecule has 8 nitrogen and oxygen atoms in total. The number of nitrogens with one attached hydrogen (secondary N) is 2. The lowest BCUT2D eigenvalue weighted by Gasteiger charge is -2.10. The molecule has 2 heterocycles. The van der Waals surface area contributed by atoms with Gasteiger partial charge in [0, 0.05) is 13.1 Å². The smallest absolute Gasteiger partial charge is 0.363 e. The van der Waals surface area contributed by atoms with Gasteiger partial charge in [0.1, 0.15) is 12.1 Å². The topological polar surface area (TPSA) is 107 Å². The summed E-state index contributed by atoms with van der Waals surface area (Å²) in [6.45, 7) is 0.124. The first-order chi connectivity index (χ1) is 9.38. The van der Waals surface area contributed by atoms with Crippen LogP contribution in [0.25, 0.3) is 0 Å². The molecule has 0 atom stereocenters. The van der Waals surface area contributed by atoms with Crippen LogP contribution in [0, 0.1) is 0 Å². The molecule has 0 radical (unpaired) electrons. The third kappa shape index (κ3) is 3.32. The van der Waals surface area contributed by atoms with E-state index in [2.05, 4.69) is 25.4 Å². The summed E-state index contributed by atoms with van der Waals surface area (Å²) in [6.07, 6.45) is -3.11. The second kappa shape index (κ2) is 5.28. The van der Waals surface area contributed by atoms with E-state index in [1.54, 1.807) is 7.05 Å². The van der Waals surface area contributed by atoms with E-state index in [0.29, 0.717) is 5.82 Å². The number of nitrogens with two attached hydrogens (primary N) is 1. The van der Waals surface area contributed by atoms with Crippen LogP contribution < -0.4 is 16.6 Å². The normalized spacial score (nSPS) is 11.4. The molecule has 2 rings (SSSR count). The zero-order valence-corrected chi connectivity index (χ0v) is 10.3. The standard InChI is InChI=1S/C9H11F3N8/c1-20-4-15-7(19-20)3-14-6-2-5(9(10,11)12)16-8(17-6)18-13/h2,4H,3,13H2,1H3,(H2,14,16,17,18). The van der Waals surface area contributed by atoms with Crippen LogP contribution in [0.1, 0.15) is 11.5 Å². The fraction of sp³-hybridized carbons (Fsp3) is 0.333. The van der Waals surface area contributed by atoms with Crippen LogP contribution in [0.2, 0.25) is 0 Å². The summed E-state index contributed by atoms with van der Waals surface area (Å²) < 4.78 is 39.4. The highest BCUT2D eigenvalue weighted by molar-refractivity contribution is 5.42. The maximum absolute atomic E-state index is 12.6. The number of anilines is 2. The van der Waals surface area contributed by atoms with Gasteiger partial charge in [0.2, 0.25) is 5.95 Å². The third-order valence-corrected chi connectivity index (χ3v) is 2.22. The van der Waals surface area contributed by atoms with Gasteiger partial charge in [0.15, 0.2) is 11.5 Å². The van der Waals surface area contributed by atoms with Crippen molar-refractivity contribution in [1.82, 2.24) is 24.7 Å². The average molecular weight is 288 g/mol. The van der Waals surface area contributed by atoms with E-state index in [0.717, 1.165) is 6.07 Å². The molecule has 0 aliphatic rings. The molecule has 0 amide bonds. The van der Waals surface area contributed by atoms with Gasteiger partial charge in [0.25, 0.3) is 0 Å². The van der Waals surface area contributed by atoms with E-state index in [9.17, 15) is 13.2 Å². The van der Waals surface area contributed by atoms with Crippen molar-refractivity contribution in [2.75, 3.05) is 10.7 Å². The maximum Gasteiger partial charge on any atom is 0.433 e. The molecule has 11 heteroatoms. The Balaban J connectivity index is 2.18. The molecule has 2 aromatic heterocycles. The molecule has 0 aliphatic heterocycles. The molecule has 0 spiro atoms. The van der Waals surface area contributed by atoms with E-state index in [1.165, 1.54) is 11.0 Å². The van der Waals surface area contributed by atoms with Crippen LogP contribution in [0.3, 0.4) is 0 Å². The van der Waals surface area contributed by atoms with Crippen molar-refractivity contribution in [2.45, 2.75) is 12.7 Å². The van der Waals surface area contributed by atoms with Crippen molar-refractivity contribution >= 4 is 11.8 Å². The highest BCUT2D eigenvalue weighted by atomic mass is 19.4. The Labute approximate surface area is 111 Å². The summed E-state index contributed by atoms with van der Waals surface area (Å²) in [5, 5.41) is 6.65. The van der Waals surface area contributed by atoms with E-state index >= 15 is 0 Å². The molecular formula is C9H11F3N8. The van der Waals surface area contributed by atoms with Crippen LogP contribution in [-0.4, -0.2) is 24.7 Å². The van der Waals surface area contributed by atoms with Gasteiger partial charge in [-0.2, -0.15) is 23.3 Å². The zero-order chi connectivity index (χ0) is 14.8.